The van der Waals surface area contributed by atoms with Crippen molar-refractivity contribution in [2.24, 2.45) is 0 Å². The number of para-hydroxylation sites is 1. The van der Waals surface area contributed by atoms with Gasteiger partial charge in [-0.1, -0.05) is 6.07 Å². The van der Waals surface area contributed by atoms with Crippen molar-refractivity contribution in [2.75, 3.05) is 19.7 Å². The average Bonchev–Trinajstić information content (AvgIpc) is 2.39. The highest BCUT2D eigenvalue weighted by atomic mass is 16.6. The van der Waals surface area contributed by atoms with Crippen LogP contribution in [-0.2, 0) is 0 Å². The molecule has 0 bridgehead atoms. The fourth-order valence-electron chi connectivity index (χ4n) is 1.69. The summed E-state index contributed by atoms with van der Waals surface area (Å²) in [7, 11) is 0. The third kappa shape index (κ3) is 3.41. The van der Waals surface area contributed by atoms with E-state index in [2.05, 4.69) is 0 Å². The molecule has 0 saturated heterocycles. The number of aliphatic hydroxyl groups is 1. The highest BCUT2D eigenvalue weighted by molar-refractivity contribution is 5.98. The van der Waals surface area contributed by atoms with Crippen LogP contribution in [0.25, 0.3) is 0 Å². The van der Waals surface area contributed by atoms with Crippen LogP contribution < -0.4 is 0 Å². The minimum atomic E-state index is -0.740. The Morgan fingerprint density at radius 2 is 2.16 bits per heavy atom. The summed E-state index contributed by atoms with van der Waals surface area (Å²) >= 11 is 0. The number of phenols is 1. The van der Waals surface area contributed by atoms with Crippen LogP contribution in [0.3, 0.4) is 0 Å². The number of nitrogens with zero attached hydrogens (tertiary/aromatic N) is 2. The van der Waals surface area contributed by atoms with Crippen LogP contribution in [0.2, 0.25) is 0 Å². The lowest BCUT2D eigenvalue weighted by molar-refractivity contribution is -0.385. The molecule has 1 rings (SSSR count). The summed E-state index contributed by atoms with van der Waals surface area (Å²) in [5, 5.41) is 29.2. The minimum Gasteiger partial charge on any atom is -0.502 e. The van der Waals surface area contributed by atoms with Crippen LogP contribution in [0, 0.1) is 10.1 Å². The Kier molecular flexibility index (Phi) is 5.25. The molecule has 2 N–H and O–H groups in total. The molecule has 0 saturated carbocycles. The monoisotopic (exact) mass is 268 g/mol. The zero-order valence-corrected chi connectivity index (χ0v) is 10.6. The lowest BCUT2D eigenvalue weighted by Gasteiger charge is -2.20. The number of nitro groups is 1. The molecule has 7 heteroatoms. The van der Waals surface area contributed by atoms with Crippen LogP contribution >= 0.6 is 0 Å². The van der Waals surface area contributed by atoms with Crippen molar-refractivity contribution >= 4 is 11.6 Å². The first kappa shape index (κ1) is 14.9. The van der Waals surface area contributed by atoms with Crippen LogP contribution in [0.15, 0.2) is 18.2 Å². The quantitative estimate of drug-likeness (QED) is 0.594. The number of benzene rings is 1. The lowest BCUT2D eigenvalue weighted by Crippen LogP contribution is -2.32. The lowest BCUT2D eigenvalue weighted by atomic mass is 10.1. The van der Waals surface area contributed by atoms with Gasteiger partial charge in [0, 0.05) is 25.8 Å². The number of amides is 1. The Hall–Kier alpha value is -2.15. The molecule has 0 fully saturated rings. The Morgan fingerprint density at radius 3 is 2.68 bits per heavy atom. The molecule has 0 aromatic heterocycles. The van der Waals surface area contributed by atoms with Crippen molar-refractivity contribution in [3.05, 3.63) is 33.9 Å². The molecule has 104 valence electrons. The number of aromatic hydroxyl groups is 1. The largest absolute Gasteiger partial charge is 0.502 e. The molecule has 0 heterocycles. The summed E-state index contributed by atoms with van der Waals surface area (Å²) in [4.78, 5) is 23.5. The SMILES string of the molecule is CCN(CCCO)C(=O)c1cccc([N+](=O)[O-])c1O. The van der Waals surface area contributed by atoms with Crippen LogP contribution in [0.5, 0.6) is 5.75 Å². The number of carbonyl (C=O) groups is 1. The van der Waals surface area contributed by atoms with Gasteiger partial charge in [-0.25, -0.2) is 0 Å². The van der Waals surface area contributed by atoms with Crippen LogP contribution in [-0.4, -0.2) is 45.6 Å². The molecule has 0 unspecified atom stereocenters. The van der Waals surface area contributed by atoms with E-state index in [-0.39, 0.29) is 12.2 Å². The summed E-state index contributed by atoms with van der Waals surface area (Å²) in [5.41, 5.74) is -0.599. The summed E-state index contributed by atoms with van der Waals surface area (Å²) in [6.45, 7) is 2.42. The van der Waals surface area contributed by atoms with E-state index in [9.17, 15) is 20.0 Å². The fourth-order valence-corrected chi connectivity index (χ4v) is 1.69. The van der Waals surface area contributed by atoms with E-state index >= 15 is 0 Å². The number of phenolic OH excluding ortho intramolecular Hbond substituents is 1. The maximum atomic E-state index is 12.1. The zero-order valence-electron chi connectivity index (χ0n) is 10.6. The van der Waals surface area contributed by atoms with Gasteiger partial charge in [-0.2, -0.15) is 0 Å². The number of hydrogen-bond acceptors (Lipinski definition) is 5. The molecule has 0 aliphatic heterocycles. The molecule has 0 radical (unpaired) electrons. The van der Waals surface area contributed by atoms with Crippen molar-refractivity contribution in [1.82, 2.24) is 4.90 Å². The first-order chi connectivity index (χ1) is 9.02. The normalized spacial score (nSPS) is 10.2. The Morgan fingerprint density at radius 1 is 1.47 bits per heavy atom. The molecule has 0 aliphatic rings. The fraction of sp³-hybridized carbons (Fsp3) is 0.417. The molecule has 0 spiro atoms. The Labute approximate surface area is 110 Å². The van der Waals surface area contributed by atoms with Crippen LogP contribution in [0.4, 0.5) is 5.69 Å². The van der Waals surface area contributed by atoms with Crippen molar-refractivity contribution in [3.8, 4) is 5.75 Å². The van der Waals surface area contributed by atoms with Gasteiger partial charge in [0.1, 0.15) is 0 Å². The molecular formula is C12H16N2O5. The highest BCUT2D eigenvalue weighted by Crippen LogP contribution is 2.30. The van der Waals surface area contributed by atoms with Gasteiger partial charge >= 0.3 is 5.69 Å². The summed E-state index contributed by atoms with van der Waals surface area (Å²) in [6.07, 6.45) is 0.412. The molecule has 0 aliphatic carbocycles. The maximum absolute atomic E-state index is 12.1. The number of rotatable bonds is 6. The Bertz CT molecular complexity index is 475. The molecule has 19 heavy (non-hydrogen) atoms. The molecule has 1 aromatic rings. The van der Waals surface area contributed by atoms with E-state index in [0.717, 1.165) is 6.07 Å². The number of nitro benzene ring substituents is 1. The van der Waals surface area contributed by atoms with E-state index in [1.807, 2.05) is 0 Å². The molecule has 1 aromatic carbocycles. The molecule has 1 amide bonds. The van der Waals surface area contributed by atoms with E-state index in [0.29, 0.717) is 19.5 Å². The second kappa shape index (κ2) is 6.69. The Balaban J connectivity index is 3.04. The van der Waals surface area contributed by atoms with Crippen molar-refractivity contribution < 1.29 is 19.9 Å². The van der Waals surface area contributed by atoms with Gasteiger partial charge in [-0.3, -0.25) is 14.9 Å². The summed E-state index contributed by atoms with van der Waals surface area (Å²) in [6, 6.07) is 3.83. The van der Waals surface area contributed by atoms with Gasteiger partial charge in [0.15, 0.2) is 0 Å². The van der Waals surface area contributed by atoms with E-state index < -0.39 is 22.3 Å². The van der Waals surface area contributed by atoms with Gasteiger partial charge in [0.2, 0.25) is 5.75 Å². The topological polar surface area (TPSA) is 104 Å². The number of hydrogen-bond donors (Lipinski definition) is 2. The standard InChI is InChI=1S/C12H16N2O5/c1-2-13(7-4-8-15)12(17)9-5-3-6-10(11(9)16)14(18)19/h3,5-6,15-16H,2,4,7-8H2,1H3. The second-order valence-electron chi connectivity index (χ2n) is 3.89. The predicted octanol–water partition coefficient (Wildman–Crippen LogP) is 1.14. The second-order valence-corrected chi connectivity index (χ2v) is 3.89. The van der Waals surface area contributed by atoms with E-state index in [4.69, 9.17) is 5.11 Å². The predicted molar refractivity (Wildman–Crippen MR) is 68.0 cm³/mol. The average molecular weight is 268 g/mol. The maximum Gasteiger partial charge on any atom is 0.311 e. The number of aliphatic hydroxyl groups excluding tert-OH is 1. The summed E-state index contributed by atoms with van der Waals surface area (Å²) < 4.78 is 0. The van der Waals surface area contributed by atoms with Gasteiger partial charge < -0.3 is 15.1 Å². The first-order valence-corrected chi connectivity index (χ1v) is 5.89. The van der Waals surface area contributed by atoms with Crippen LogP contribution in [0.1, 0.15) is 23.7 Å². The van der Waals surface area contributed by atoms with Gasteiger partial charge in [0.25, 0.3) is 5.91 Å². The first-order valence-electron chi connectivity index (χ1n) is 5.89. The van der Waals surface area contributed by atoms with Gasteiger partial charge in [-0.15, -0.1) is 0 Å². The van der Waals surface area contributed by atoms with Crippen molar-refractivity contribution in [2.45, 2.75) is 13.3 Å². The molecular weight excluding hydrogens is 252 g/mol. The van der Waals surface area contributed by atoms with E-state index in [1.165, 1.54) is 17.0 Å². The molecule has 7 nitrogen and oxygen atoms in total. The minimum absolute atomic E-state index is 0.0509. The number of carbonyl (C=O) groups excluding carboxylic acids is 1. The molecule has 0 atom stereocenters. The highest BCUT2D eigenvalue weighted by Gasteiger charge is 2.23. The van der Waals surface area contributed by atoms with E-state index in [1.54, 1.807) is 6.92 Å². The van der Waals surface area contributed by atoms with Gasteiger partial charge in [-0.05, 0) is 19.4 Å². The third-order valence-electron chi connectivity index (χ3n) is 2.70. The summed E-state index contributed by atoms with van der Waals surface area (Å²) in [5.74, 6) is -1.11. The third-order valence-corrected chi connectivity index (χ3v) is 2.70. The zero-order chi connectivity index (χ0) is 14.4. The van der Waals surface area contributed by atoms with Gasteiger partial charge in [0.05, 0.1) is 10.5 Å². The smallest absolute Gasteiger partial charge is 0.311 e. The van der Waals surface area contributed by atoms with Crippen molar-refractivity contribution in [3.63, 3.8) is 0 Å². The van der Waals surface area contributed by atoms with Crippen molar-refractivity contribution in [1.29, 1.82) is 0 Å².